The fourth-order valence-corrected chi connectivity index (χ4v) is 2.66. The molecule has 1 heterocycles. The average Bonchev–Trinajstić information content (AvgIpc) is 2.17. The molecule has 0 atom stereocenters. The summed E-state index contributed by atoms with van der Waals surface area (Å²) in [6.45, 7) is 4.33. The molecule has 0 saturated carbocycles. The average molecular weight is 401 g/mol. The molecule has 0 radical (unpaired) electrons. The third-order valence-electron chi connectivity index (χ3n) is 2.34. The summed E-state index contributed by atoms with van der Waals surface area (Å²) >= 11 is 10.4. The zero-order valence-corrected chi connectivity index (χ0v) is 13.6. The number of aromatic nitrogens is 1. The molecular formula is C10H13Br3N2. The number of hydrogen-bond acceptors (Lipinski definition) is 2. The van der Waals surface area contributed by atoms with Gasteiger partial charge >= 0.3 is 0 Å². The molecule has 0 bridgehead atoms. The second kappa shape index (κ2) is 5.15. The van der Waals surface area contributed by atoms with Crippen molar-refractivity contribution in [2.75, 3.05) is 17.3 Å². The first-order valence-electron chi connectivity index (χ1n) is 4.49. The molecule has 5 heteroatoms. The van der Waals surface area contributed by atoms with Crippen LogP contribution < -0.4 is 4.90 Å². The molecule has 1 aromatic heterocycles. The van der Waals surface area contributed by atoms with Crippen molar-refractivity contribution >= 4 is 53.6 Å². The van der Waals surface area contributed by atoms with Gasteiger partial charge in [0.2, 0.25) is 0 Å². The molecule has 2 nitrogen and oxygen atoms in total. The normalized spacial score (nSPS) is 11.6. The van der Waals surface area contributed by atoms with Gasteiger partial charge in [-0.1, -0.05) is 15.9 Å². The van der Waals surface area contributed by atoms with Crippen LogP contribution in [-0.4, -0.2) is 22.9 Å². The Morgan fingerprint density at radius 3 is 2.47 bits per heavy atom. The highest BCUT2D eigenvalue weighted by Crippen LogP contribution is 2.30. The van der Waals surface area contributed by atoms with Crippen LogP contribution in [0.2, 0.25) is 0 Å². The second-order valence-electron chi connectivity index (χ2n) is 3.96. The van der Waals surface area contributed by atoms with Gasteiger partial charge in [0.05, 0.1) is 4.47 Å². The highest BCUT2D eigenvalue weighted by atomic mass is 79.9. The SMILES string of the molecule is CN(c1ncc(Br)cc1Br)C(C)(C)CBr. The van der Waals surface area contributed by atoms with Crippen molar-refractivity contribution in [2.45, 2.75) is 19.4 Å². The molecule has 0 N–H and O–H groups in total. The van der Waals surface area contributed by atoms with Gasteiger partial charge in [-0.15, -0.1) is 0 Å². The lowest BCUT2D eigenvalue weighted by atomic mass is 10.1. The van der Waals surface area contributed by atoms with E-state index in [1.54, 1.807) is 6.20 Å². The maximum absolute atomic E-state index is 4.40. The Labute approximate surface area is 116 Å². The third-order valence-corrected chi connectivity index (χ3v) is 4.73. The van der Waals surface area contributed by atoms with Crippen LogP contribution in [0.3, 0.4) is 0 Å². The van der Waals surface area contributed by atoms with E-state index in [-0.39, 0.29) is 5.54 Å². The molecule has 0 fully saturated rings. The van der Waals surface area contributed by atoms with E-state index in [4.69, 9.17) is 0 Å². The monoisotopic (exact) mass is 398 g/mol. The predicted octanol–water partition coefficient (Wildman–Crippen LogP) is 4.22. The maximum atomic E-state index is 4.40. The molecule has 0 aliphatic carbocycles. The van der Waals surface area contributed by atoms with Crippen LogP contribution in [0.5, 0.6) is 0 Å². The van der Waals surface area contributed by atoms with Crippen LogP contribution >= 0.6 is 47.8 Å². The van der Waals surface area contributed by atoms with Crippen LogP contribution in [0.1, 0.15) is 13.8 Å². The Morgan fingerprint density at radius 2 is 2.00 bits per heavy atom. The smallest absolute Gasteiger partial charge is 0.143 e. The van der Waals surface area contributed by atoms with Crippen LogP contribution in [-0.2, 0) is 0 Å². The first-order chi connectivity index (χ1) is 6.88. The number of alkyl halides is 1. The minimum absolute atomic E-state index is 0.0311. The van der Waals surface area contributed by atoms with Gasteiger partial charge < -0.3 is 4.90 Å². The van der Waals surface area contributed by atoms with Crippen molar-refractivity contribution in [3.63, 3.8) is 0 Å². The largest absolute Gasteiger partial charge is 0.353 e. The van der Waals surface area contributed by atoms with E-state index in [2.05, 4.69) is 71.5 Å². The highest BCUT2D eigenvalue weighted by Gasteiger charge is 2.24. The fourth-order valence-electron chi connectivity index (χ4n) is 1.03. The molecule has 0 aliphatic rings. The molecule has 1 rings (SSSR count). The number of pyridine rings is 1. The Hall–Kier alpha value is 0.390. The molecular weight excluding hydrogens is 388 g/mol. The zero-order chi connectivity index (χ0) is 11.6. The summed E-state index contributed by atoms with van der Waals surface area (Å²) in [6.07, 6.45) is 1.81. The first kappa shape index (κ1) is 13.5. The van der Waals surface area contributed by atoms with Crippen molar-refractivity contribution in [1.29, 1.82) is 0 Å². The molecule has 84 valence electrons. The van der Waals surface area contributed by atoms with Gasteiger partial charge in [-0.05, 0) is 51.8 Å². The standard InChI is InChI=1S/C10H13Br3N2/c1-10(2,6-11)15(3)9-8(13)4-7(12)5-14-9/h4-5H,6H2,1-3H3. The molecule has 0 amide bonds. The molecule has 0 spiro atoms. The summed E-state index contributed by atoms with van der Waals surface area (Å²) in [5.41, 5.74) is 0.0311. The molecule has 0 unspecified atom stereocenters. The number of hydrogen-bond donors (Lipinski definition) is 0. The summed E-state index contributed by atoms with van der Waals surface area (Å²) in [5, 5.41) is 0.890. The lowest BCUT2D eigenvalue weighted by molar-refractivity contribution is 0.546. The minimum atomic E-state index is 0.0311. The van der Waals surface area contributed by atoms with Gasteiger partial charge in [0.25, 0.3) is 0 Å². The molecule has 15 heavy (non-hydrogen) atoms. The van der Waals surface area contributed by atoms with E-state index in [0.29, 0.717) is 0 Å². The van der Waals surface area contributed by atoms with Crippen LogP contribution in [0.4, 0.5) is 5.82 Å². The van der Waals surface area contributed by atoms with Gasteiger partial charge in [0.1, 0.15) is 5.82 Å². The van der Waals surface area contributed by atoms with Crippen LogP contribution in [0, 0.1) is 0 Å². The van der Waals surface area contributed by atoms with Crippen molar-refractivity contribution in [3.8, 4) is 0 Å². The van der Waals surface area contributed by atoms with Crippen molar-refractivity contribution in [1.82, 2.24) is 4.98 Å². The highest BCUT2D eigenvalue weighted by molar-refractivity contribution is 9.11. The first-order valence-corrected chi connectivity index (χ1v) is 7.20. The van der Waals surface area contributed by atoms with Crippen LogP contribution in [0.15, 0.2) is 21.2 Å². The van der Waals surface area contributed by atoms with Crippen LogP contribution in [0.25, 0.3) is 0 Å². The van der Waals surface area contributed by atoms with Gasteiger partial charge in [-0.2, -0.15) is 0 Å². The molecule has 1 aromatic rings. The summed E-state index contributed by atoms with van der Waals surface area (Å²) < 4.78 is 1.97. The van der Waals surface area contributed by atoms with Gasteiger partial charge in [0, 0.05) is 28.6 Å². The van der Waals surface area contributed by atoms with E-state index in [9.17, 15) is 0 Å². The third kappa shape index (κ3) is 3.17. The van der Waals surface area contributed by atoms with E-state index in [1.807, 2.05) is 13.1 Å². The number of nitrogens with zero attached hydrogens (tertiary/aromatic N) is 2. The van der Waals surface area contributed by atoms with Gasteiger partial charge in [-0.25, -0.2) is 4.98 Å². The van der Waals surface area contributed by atoms with Crippen molar-refractivity contribution < 1.29 is 0 Å². The minimum Gasteiger partial charge on any atom is -0.353 e. The van der Waals surface area contributed by atoms with E-state index < -0.39 is 0 Å². The number of rotatable bonds is 3. The zero-order valence-electron chi connectivity index (χ0n) is 8.89. The Kier molecular flexibility index (Phi) is 4.62. The molecule has 0 aromatic carbocycles. The molecule has 0 saturated heterocycles. The quantitative estimate of drug-likeness (QED) is 0.706. The van der Waals surface area contributed by atoms with E-state index in [1.165, 1.54) is 0 Å². The lowest BCUT2D eigenvalue weighted by Gasteiger charge is -2.35. The Balaban J connectivity index is 3.06. The summed E-state index contributed by atoms with van der Waals surface area (Å²) in [4.78, 5) is 6.55. The molecule has 0 aliphatic heterocycles. The lowest BCUT2D eigenvalue weighted by Crippen LogP contribution is -2.43. The maximum Gasteiger partial charge on any atom is 0.143 e. The topological polar surface area (TPSA) is 16.1 Å². The number of anilines is 1. The second-order valence-corrected chi connectivity index (χ2v) is 6.29. The number of halogens is 3. The summed E-state index contributed by atoms with van der Waals surface area (Å²) in [6, 6.07) is 2.00. The fraction of sp³-hybridized carbons (Fsp3) is 0.500. The van der Waals surface area contributed by atoms with E-state index in [0.717, 1.165) is 20.1 Å². The van der Waals surface area contributed by atoms with E-state index >= 15 is 0 Å². The van der Waals surface area contributed by atoms with Gasteiger partial charge in [-0.3, -0.25) is 0 Å². The van der Waals surface area contributed by atoms with Gasteiger partial charge in [0.15, 0.2) is 0 Å². The van der Waals surface area contributed by atoms with Crippen molar-refractivity contribution in [3.05, 3.63) is 21.2 Å². The Morgan fingerprint density at radius 1 is 1.40 bits per heavy atom. The summed E-state index contributed by atoms with van der Waals surface area (Å²) in [7, 11) is 2.04. The predicted molar refractivity (Wildman–Crippen MR) is 75.9 cm³/mol. The summed E-state index contributed by atoms with van der Waals surface area (Å²) in [5.74, 6) is 0.947. The Bertz CT molecular complexity index is 353. The van der Waals surface area contributed by atoms with Crippen molar-refractivity contribution in [2.24, 2.45) is 0 Å².